The van der Waals surface area contributed by atoms with E-state index < -0.39 is 0 Å². The van der Waals surface area contributed by atoms with Gasteiger partial charge in [0.2, 0.25) is 5.88 Å². The maximum Gasteiger partial charge on any atom is 0.237 e. The van der Waals surface area contributed by atoms with Crippen molar-refractivity contribution in [1.29, 1.82) is 0 Å². The zero-order chi connectivity index (χ0) is 14.5. The number of hydrogen-bond acceptors (Lipinski definition) is 5. The molecule has 0 aliphatic rings. The summed E-state index contributed by atoms with van der Waals surface area (Å²) in [7, 11) is 3.17. The van der Waals surface area contributed by atoms with Gasteiger partial charge in [-0.25, -0.2) is 4.98 Å². The number of hydrogen-bond donors (Lipinski definition) is 2. The van der Waals surface area contributed by atoms with Crippen LogP contribution in [0.25, 0.3) is 0 Å². The van der Waals surface area contributed by atoms with Gasteiger partial charge in [0.25, 0.3) is 0 Å². The molecule has 0 amide bonds. The van der Waals surface area contributed by atoms with Crippen LogP contribution in [0.1, 0.15) is 18.5 Å². The molecule has 5 nitrogen and oxygen atoms in total. The van der Waals surface area contributed by atoms with Gasteiger partial charge >= 0.3 is 0 Å². The van der Waals surface area contributed by atoms with Gasteiger partial charge in [-0.1, -0.05) is 0 Å². The highest BCUT2D eigenvalue weighted by atomic mass is 16.5. The molecule has 106 valence electrons. The predicted molar refractivity (Wildman–Crippen MR) is 77.5 cm³/mol. The Balaban J connectivity index is 2.25. The van der Waals surface area contributed by atoms with Gasteiger partial charge in [0.05, 0.1) is 25.9 Å². The van der Waals surface area contributed by atoms with Crippen LogP contribution in [0.5, 0.6) is 17.4 Å². The second-order valence-corrected chi connectivity index (χ2v) is 4.35. The number of phenolic OH excluding ortho intramolecular Hbond substituents is 1. The van der Waals surface area contributed by atoms with Crippen LogP contribution in [0, 0.1) is 0 Å². The Bertz CT molecular complexity index is 587. The molecule has 20 heavy (non-hydrogen) atoms. The average Bonchev–Trinajstić information content (AvgIpc) is 2.48. The van der Waals surface area contributed by atoms with Crippen LogP contribution in [0.2, 0.25) is 0 Å². The largest absolute Gasteiger partial charge is 0.508 e. The summed E-state index contributed by atoms with van der Waals surface area (Å²) in [5.74, 6) is 1.43. The average molecular weight is 274 g/mol. The van der Waals surface area contributed by atoms with Gasteiger partial charge in [-0.05, 0) is 37.3 Å². The summed E-state index contributed by atoms with van der Waals surface area (Å²) in [4.78, 5) is 4.13. The molecule has 0 radical (unpaired) electrons. The zero-order valence-corrected chi connectivity index (χ0v) is 11.8. The summed E-state index contributed by atoms with van der Waals surface area (Å²) < 4.78 is 10.4. The lowest BCUT2D eigenvalue weighted by molar-refractivity contribution is 0.399. The summed E-state index contributed by atoms with van der Waals surface area (Å²) in [6, 6.07) is 8.71. The van der Waals surface area contributed by atoms with Crippen molar-refractivity contribution in [3.05, 3.63) is 42.1 Å². The van der Waals surface area contributed by atoms with E-state index in [1.54, 1.807) is 38.6 Å². The molecule has 2 rings (SSSR count). The van der Waals surface area contributed by atoms with Gasteiger partial charge in [-0.15, -0.1) is 0 Å². The van der Waals surface area contributed by atoms with E-state index in [0.29, 0.717) is 11.6 Å². The first-order valence-electron chi connectivity index (χ1n) is 6.28. The highest BCUT2D eigenvalue weighted by Crippen LogP contribution is 2.32. The number of aromatic hydroxyl groups is 1. The topological polar surface area (TPSA) is 63.6 Å². The van der Waals surface area contributed by atoms with Crippen LogP contribution in [-0.2, 0) is 0 Å². The number of nitrogens with one attached hydrogen (secondary N) is 1. The number of rotatable bonds is 5. The van der Waals surface area contributed by atoms with Crippen molar-refractivity contribution in [2.24, 2.45) is 0 Å². The van der Waals surface area contributed by atoms with Crippen LogP contribution in [-0.4, -0.2) is 24.3 Å². The molecule has 1 heterocycles. The molecule has 0 aliphatic heterocycles. The number of benzene rings is 1. The van der Waals surface area contributed by atoms with Crippen molar-refractivity contribution in [3.8, 4) is 17.4 Å². The molecule has 1 unspecified atom stereocenters. The zero-order valence-electron chi connectivity index (χ0n) is 11.8. The Morgan fingerprint density at radius 2 is 2.00 bits per heavy atom. The number of methoxy groups -OCH3 is 2. The van der Waals surface area contributed by atoms with Crippen LogP contribution < -0.4 is 14.8 Å². The van der Waals surface area contributed by atoms with Crippen molar-refractivity contribution < 1.29 is 14.6 Å². The van der Waals surface area contributed by atoms with Crippen molar-refractivity contribution in [1.82, 2.24) is 4.98 Å². The van der Waals surface area contributed by atoms with Crippen LogP contribution in [0.15, 0.2) is 36.5 Å². The highest BCUT2D eigenvalue weighted by Gasteiger charge is 2.13. The Morgan fingerprint density at radius 1 is 1.20 bits per heavy atom. The smallest absolute Gasteiger partial charge is 0.237 e. The van der Waals surface area contributed by atoms with Gasteiger partial charge in [-0.2, -0.15) is 0 Å². The standard InChI is InChI=1S/C15H18N2O3/c1-10(12-9-11(19-2)6-7-14(12)18)17-13-5-4-8-16-15(13)20-3/h4-10,17-18H,1-3H3. The molecular formula is C15H18N2O3. The van der Waals surface area contributed by atoms with Gasteiger partial charge in [-0.3, -0.25) is 0 Å². The van der Waals surface area contributed by atoms with E-state index in [-0.39, 0.29) is 11.8 Å². The second-order valence-electron chi connectivity index (χ2n) is 4.35. The minimum atomic E-state index is -0.122. The van der Waals surface area contributed by atoms with Crippen LogP contribution >= 0.6 is 0 Å². The van der Waals surface area contributed by atoms with Gasteiger partial charge in [0.15, 0.2) is 0 Å². The Kier molecular flexibility index (Phi) is 4.30. The number of ether oxygens (including phenoxy) is 2. The molecule has 1 aromatic heterocycles. The lowest BCUT2D eigenvalue weighted by atomic mass is 10.1. The highest BCUT2D eigenvalue weighted by molar-refractivity contribution is 5.55. The Hall–Kier alpha value is -2.43. The van der Waals surface area contributed by atoms with Crippen molar-refractivity contribution >= 4 is 5.69 Å². The quantitative estimate of drug-likeness (QED) is 0.877. The predicted octanol–water partition coefficient (Wildman–Crippen LogP) is 2.98. The molecule has 0 spiro atoms. The summed E-state index contributed by atoms with van der Waals surface area (Å²) in [6.07, 6.45) is 1.66. The first-order valence-corrected chi connectivity index (χ1v) is 6.28. The van der Waals surface area contributed by atoms with Gasteiger partial charge < -0.3 is 19.9 Å². The number of nitrogens with zero attached hydrogens (tertiary/aromatic N) is 1. The third-order valence-corrected chi connectivity index (χ3v) is 3.04. The minimum absolute atomic E-state index is 0.122. The maximum absolute atomic E-state index is 9.96. The third-order valence-electron chi connectivity index (χ3n) is 3.04. The maximum atomic E-state index is 9.96. The van der Waals surface area contributed by atoms with E-state index in [1.807, 2.05) is 19.1 Å². The molecule has 2 N–H and O–H groups in total. The van der Waals surface area contributed by atoms with E-state index in [0.717, 1.165) is 11.3 Å². The molecule has 5 heteroatoms. The van der Waals surface area contributed by atoms with E-state index >= 15 is 0 Å². The summed E-state index contributed by atoms with van der Waals surface area (Å²) in [5.41, 5.74) is 1.51. The van der Waals surface area contributed by atoms with Crippen molar-refractivity contribution in [2.75, 3.05) is 19.5 Å². The van der Waals surface area contributed by atoms with Crippen molar-refractivity contribution in [2.45, 2.75) is 13.0 Å². The van der Waals surface area contributed by atoms with E-state index in [4.69, 9.17) is 9.47 Å². The molecule has 0 saturated heterocycles. The van der Waals surface area contributed by atoms with Gasteiger partial charge in [0, 0.05) is 11.8 Å². The molecule has 0 saturated carbocycles. The molecule has 0 bridgehead atoms. The SMILES string of the molecule is COc1ccc(O)c(C(C)Nc2cccnc2OC)c1. The fourth-order valence-corrected chi connectivity index (χ4v) is 1.98. The molecule has 1 aromatic carbocycles. The fraction of sp³-hybridized carbons (Fsp3) is 0.267. The van der Waals surface area contributed by atoms with Gasteiger partial charge in [0.1, 0.15) is 11.5 Å². The fourth-order valence-electron chi connectivity index (χ4n) is 1.98. The lowest BCUT2D eigenvalue weighted by Crippen LogP contribution is -2.08. The Labute approximate surface area is 118 Å². The number of aromatic nitrogens is 1. The summed E-state index contributed by atoms with van der Waals surface area (Å²) in [5, 5.41) is 13.2. The van der Waals surface area contributed by atoms with Crippen molar-refractivity contribution in [3.63, 3.8) is 0 Å². The first-order chi connectivity index (χ1) is 9.65. The Morgan fingerprint density at radius 3 is 2.70 bits per heavy atom. The van der Waals surface area contributed by atoms with E-state index in [9.17, 15) is 5.11 Å². The normalized spacial score (nSPS) is 11.8. The summed E-state index contributed by atoms with van der Waals surface area (Å²) >= 11 is 0. The number of anilines is 1. The first kappa shape index (κ1) is 14.0. The lowest BCUT2D eigenvalue weighted by Gasteiger charge is -2.18. The van der Waals surface area contributed by atoms with Crippen LogP contribution in [0.3, 0.4) is 0 Å². The van der Waals surface area contributed by atoms with Crippen LogP contribution in [0.4, 0.5) is 5.69 Å². The molecule has 1 atom stereocenters. The summed E-state index contributed by atoms with van der Waals surface area (Å²) in [6.45, 7) is 1.95. The molecule has 0 aliphatic carbocycles. The number of pyridine rings is 1. The molecular weight excluding hydrogens is 256 g/mol. The third kappa shape index (κ3) is 2.93. The molecule has 0 fully saturated rings. The van der Waals surface area contributed by atoms with E-state index in [1.165, 1.54) is 0 Å². The monoisotopic (exact) mass is 274 g/mol. The van der Waals surface area contributed by atoms with E-state index in [2.05, 4.69) is 10.3 Å². The molecule has 2 aromatic rings. The minimum Gasteiger partial charge on any atom is -0.508 e. The number of phenols is 1. The second kappa shape index (κ2) is 6.14.